The van der Waals surface area contributed by atoms with E-state index in [4.69, 9.17) is 0 Å². The van der Waals surface area contributed by atoms with Crippen molar-refractivity contribution < 1.29 is 22.0 Å². The molecule has 3 rings (SSSR count). The first-order valence-electron chi connectivity index (χ1n) is 8.65. The lowest BCUT2D eigenvalue weighted by Gasteiger charge is -2.22. The van der Waals surface area contributed by atoms with Gasteiger partial charge < -0.3 is 4.90 Å². The Morgan fingerprint density at radius 1 is 0.926 bits per heavy atom. The van der Waals surface area contributed by atoms with Crippen molar-refractivity contribution in [3.05, 3.63) is 65.7 Å². The van der Waals surface area contributed by atoms with E-state index in [0.29, 0.717) is 18.5 Å². The highest BCUT2D eigenvalue weighted by Crippen LogP contribution is 2.19. The number of amides is 1. The van der Waals surface area contributed by atoms with E-state index in [9.17, 15) is 22.0 Å². The average Bonchev–Trinajstić information content (AvgIpc) is 2.91. The lowest BCUT2D eigenvalue weighted by Crippen LogP contribution is -2.38. The highest BCUT2D eigenvalue weighted by molar-refractivity contribution is 7.89. The molecule has 2 aromatic rings. The van der Waals surface area contributed by atoms with Gasteiger partial charge in [0.05, 0.1) is 11.3 Å². The number of hydrogen-bond acceptors (Lipinski definition) is 3. The molecule has 1 saturated heterocycles. The van der Waals surface area contributed by atoms with Crippen LogP contribution in [0.5, 0.6) is 0 Å². The Hall–Kier alpha value is -2.32. The third-order valence-corrected chi connectivity index (χ3v) is 6.47. The van der Waals surface area contributed by atoms with Crippen LogP contribution in [0.25, 0.3) is 0 Å². The molecule has 8 heteroatoms. The van der Waals surface area contributed by atoms with Gasteiger partial charge in [-0.15, -0.1) is 0 Å². The van der Waals surface area contributed by atoms with Crippen molar-refractivity contribution >= 4 is 15.9 Å². The van der Waals surface area contributed by atoms with Gasteiger partial charge in [0.15, 0.2) is 0 Å². The Bertz CT molecular complexity index is 917. The van der Waals surface area contributed by atoms with Crippen LogP contribution in [-0.4, -0.2) is 49.7 Å². The van der Waals surface area contributed by atoms with Gasteiger partial charge >= 0.3 is 0 Å². The second-order valence-electron chi connectivity index (χ2n) is 6.36. The Morgan fingerprint density at radius 2 is 1.63 bits per heavy atom. The fraction of sp³-hybridized carbons (Fsp3) is 0.316. The molecule has 0 bridgehead atoms. The number of nitrogens with zero attached hydrogens (tertiary/aromatic N) is 2. The number of carbonyl (C=O) groups excluding carboxylic acids is 1. The predicted octanol–water partition coefficient (Wildman–Crippen LogP) is 2.43. The monoisotopic (exact) mass is 394 g/mol. The molecule has 27 heavy (non-hydrogen) atoms. The number of carbonyl (C=O) groups is 1. The molecule has 1 fully saturated rings. The Kier molecular flexibility index (Phi) is 5.86. The molecule has 1 aliphatic heterocycles. The van der Waals surface area contributed by atoms with Crippen LogP contribution in [-0.2, 0) is 21.2 Å². The Morgan fingerprint density at radius 3 is 2.33 bits per heavy atom. The number of sulfonamides is 1. The summed E-state index contributed by atoms with van der Waals surface area (Å²) < 4.78 is 53.5. The third-order valence-electron chi connectivity index (χ3n) is 4.56. The van der Waals surface area contributed by atoms with Gasteiger partial charge in [0, 0.05) is 26.2 Å². The SMILES string of the molecule is O=C(Cc1ccccc1F)N1CCCN(S(=O)(=O)c2ccc(F)cc2)CC1. The van der Waals surface area contributed by atoms with E-state index in [1.165, 1.54) is 22.5 Å². The summed E-state index contributed by atoms with van der Waals surface area (Å²) in [5.41, 5.74) is 0.322. The van der Waals surface area contributed by atoms with E-state index in [2.05, 4.69) is 0 Å². The van der Waals surface area contributed by atoms with E-state index < -0.39 is 21.7 Å². The number of rotatable bonds is 4. The van der Waals surface area contributed by atoms with Crippen LogP contribution < -0.4 is 0 Å². The molecular formula is C19H20F2N2O3S. The fourth-order valence-electron chi connectivity index (χ4n) is 3.06. The zero-order chi connectivity index (χ0) is 19.4. The Labute approximate surface area is 157 Å². The zero-order valence-electron chi connectivity index (χ0n) is 14.6. The van der Waals surface area contributed by atoms with Crippen molar-refractivity contribution in [3.63, 3.8) is 0 Å². The summed E-state index contributed by atoms with van der Waals surface area (Å²) in [6, 6.07) is 10.8. The topological polar surface area (TPSA) is 57.7 Å². The predicted molar refractivity (Wildman–Crippen MR) is 96.5 cm³/mol. The van der Waals surface area contributed by atoms with Gasteiger partial charge in [-0.3, -0.25) is 4.79 Å². The van der Waals surface area contributed by atoms with Crippen molar-refractivity contribution in [2.75, 3.05) is 26.2 Å². The minimum atomic E-state index is -3.75. The maximum atomic E-state index is 13.7. The second kappa shape index (κ2) is 8.14. The van der Waals surface area contributed by atoms with Crippen molar-refractivity contribution in [1.29, 1.82) is 0 Å². The standard InChI is InChI=1S/C19H20F2N2O3S/c20-16-6-8-17(9-7-16)27(25,26)23-11-3-10-22(12-13-23)19(24)14-15-4-1-2-5-18(15)21/h1-2,4-9H,3,10-14H2. The second-order valence-corrected chi connectivity index (χ2v) is 8.30. The minimum absolute atomic E-state index is 0.0232. The van der Waals surface area contributed by atoms with Crippen LogP contribution >= 0.6 is 0 Å². The lowest BCUT2D eigenvalue weighted by atomic mass is 10.1. The number of halogens is 2. The molecule has 1 aliphatic rings. The maximum Gasteiger partial charge on any atom is 0.243 e. The lowest BCUT2D eigenvalue weighted by molar-refractivity contribution is -0.130. The highest BCUT2D eigenvalue weighted by atomic mass is 32.2. The van der Waals surface area contributed by atoms with Gasteiger partial charge in [0.25, 0.3) is 0 Å². The summed E-state index contributed by atoms with van der Waals surface area (Å²) in [6.45, 7) is 1.04. The summed E-state index contributed by atoms with van der Waals surface area (Å²) in [5.74, 6) is -1.17. The Balaban J connectivity index is 1.67. The molecule has 0 aromatic heterocycles. The van der Waals surface area contributed by atoms with Crippen molar-refractivity contribution in [1.82, 2.24) is 9.21 Å². The van der Waals surface area contributed by atoms with Gasteiger partial charge in [-0.2, -0.15) is 4.31 Å². The van der Waals surface area contributed by atoms with Crippen molar-refractivity contribution in [2.45, 2.75) is 17.7 Å². The zero-order valence-corrected chi connectivity index (χ0v) is 15.5. The quantitative estimate of drug-likeness (QED) is 0.800. The summed E-state index contributed by atoms with van der Waals surface area (Å²) in [5, 5.41) is 0. The molecule has 5 nitrogen and oxygen atoms in total. The molecule has 1 heterocycles. The summed E-state index contributed by atoms with van der Waals surface area (Å²) in [7, 11) is -3.75. The molecule has 1 amide bonds. The summed E-state index contributed by atoms with van der Waals surface area (Å²) in [4.78, 5) is 14.1. The first-order valence-corrected chi connectivity index (χ1v) is 10.1. The highest BCUT2D eigenvalue weighted by Gasteiger charge is 2.28. The van der Waals surface area contributed by atoms with Crippen LogP contribution in [0.1, 0.15) is 12.0 Å². The van der Waals surface area contributed by atoms with Crippen LogP contribution in [0.2, 0.25) is 0 Å². The van der Waals surface area contributed by atoms with Crippen LogP contribution in [0.4, 0.5) is 8.78 Å². The normalized spacial score (nSPS) is 16.1. The van der Waals surface area contributed by atoms with E-state index in [0.717, 1.165) is 12.1 Å². The van der Waals surface area contributed by atoms with Gasteiger partial charge in [-0.05, 0) is 42.3 Å². The molecule has 144 valence electrons. The van der Waals surface area contributed by atoms with E-state index in [-0.39, 0.29) is 36.9 Å². The molecular weight excluding hydrogens is 374 g/mol. The third kappa shape index (κ3) is 4.51. The molecule has 0 saturated carbocycles. The molecule has 2 aromatic carbocycles. The van der Waals surface area contributed by atoms with Crippen molar-refractivity contribution in [2.24, 2.45) is 0 Å². The fourth-order valence-corrected chi connectivity index (χ4v) is 4.53. The molecule has 0 aliphatic carbocycles. The largest absolute Gasteiger partial charge is 0.341 e. The van der Waals surface area contributed by atoms with Crippen LogP contribution in [0.15, 0.2) is 53.4 Å². The summed E-state index contributed by atoms with van der Waals surface area (Å²) >= 11 is 0. The van der Waals surface area contributed by atoms with E-state index in [1.54, 1.807) is 23.1 Å². The van der Waals surface area contributed by atoms with Crippen LogP contribution in [0, 0.1) is 11.6 Å². The van der Waals surface area contributed by atoms with Crippen molar-refractivity contribution in [3.8, 4) is 0 Å². The first kappa shape index (κ1) is 19.4. The average molecular weight is 394 g/mol. The van der Waals surface area contributed by atoms with E-state index >= 15 is 0 Å². The van der Waals surface area contributed by atoms with Gasteiger partial charge in [-0.25, -0.2) is 17.2 Å². The smallest absolute Gasteiger partial charge is 0.243 e. The maximum absolute atomic E-state index is 13.7. The van der Waals surface area contributed by atoms with Gasteiger partial charge in [0.2, 0.25) is 15.9 Å². The van der Waals surface area contributed by atoms with Crippen LogP contribution in [0.3, 0.4) is 0 Å². The molecule has 0 N–H and O–H groups in total. The minimum Gasteiger partial charge on any atom is -0.341 e. The first-order chi connectivity index (χ1) is 12.9. The van der Waals surface area contributed by atoms with Gasteiger partial charge in [0.1, 0.15) is 11.6 Å². The molecule has 0 atom stereocenters. The molecule has 0 radical (unpaired) electrons. The number of benzene rings is 2. The summed E-state index contributed by atoms with van der Waals surface area (Å²) in [6.07, 6.45) is 0.417. The van der Waals surface area contributed by atoms with Gasteiger partial charge in [-0.1, -0.05) is 18.2 Å². The molecule has 0 spiro atoms. The van der Waals surface area contributed by atoms with E-state index in [1.807, 2.05) is 0 Å². The number of hydrogen-bond donors (Lipinski definition) is 0. The molecule has 0 unspecified atom stereocenters.